The van der Waals surface area contributed by atoms with Crippen LogP contribution in [-0.4, -0.2) is 35.2 Å². The van der Waals surface area contributed by atoms with Crippen LogP contribution in [0.15, 0.2) is 0 Å². The number of likely N-dealkylation sites (tertiary alicyclic amines) is 1. The Labute approximate surface area is 98.9 Å². The molecule has 1 aliphatic heterocycles. The molecule has 1 heterocycles. The molecule has 5 heteroatoms. The molecule has 0 unspecified atom stereocenters. The van der Waals surface area contributed by atoms with E-state index in [2.05, 4.69) is 0 Å². The molecule has 0 aromatic heterocycles. The SMILES string of the molecule is CC[C@H](Cl)C(=O)N1C[C@@H]2CCC(F)(F)[C@H]2C1. The summed E-state index contributed by atoms with van der Waals surface area (Å²) >= 11 is 5.84. The zero-order chi connectivity index (χ0) is 11.9. The molecule has 0 spiro atoms. The first kappa shape index (κ1) is 12.1. The zero-order valence-corrected chi connectivity index (χ0v) is 10.0. The maximum atomic E-state index is 13.4. The summed E-state index contributed by atoms with van der Waals surface area (Å²) in [6, 6.07) is 0. The Hall–Kier alpha value is -0.380. The third kappa shape index (κ3) is 1.92. The average Bonchev–Trinajstić information content (AvgIpc) is 2.78. The van der Waals surface area contributed by atoms with Gasteiger partial charge in [-0.3, -0.25) is 4.79 Å². The molecule has 0 aromatic rings. The fourth-order valence-corrected chi connectivity index (χ4v) is 2.90. The standard InChI is InChI=1S/C11H16ClF2NO/c1-2-9(12)10(16)15-5-7-3-4-11(13,14)8(7)6-15/h7-9H,2-6H2,1H3/t7-,8-,9-/m0/s1. The molecule has 2 fully saturated rings. The quantitative estimate of drug-likeness (QED) is 0.691. The highest BCUT2D eigenvalue weighted by Gasteiger charge is 2.54. The Morgan fingerprint density at radius 2 is 2.25 bits per heavy atom. The minimum absolute atomic E-state index is 0.0254. The van der Waals surface area contributed by atoms with E-state index in [0.717, 1.165) is 0 Å². The average molecular weight is 252 g/mol. The second-order valence-electron chi connectivity index (χ2n) is 4.79. The van der Waals surface area contributed by atoms with Gasteiger partial charge in [0.2, 0.25) is 5.91 Å². The summed E-state index contributed by atoms with van der Waals surface area (Å²) in [7, 11) is 0. The lowest BCUT2D eigenvalue weighted by atomic mass is 9.99. The van der Waals surface area contributed by atoms with Crippen LogP contribution in [0.2, 0.25) is 0 Å². The van der Waals surface area contributed by atoms with Crippen molar-refractivity contribution < 1.29 is 13.6 Å². The zero-order valence-electron chi connectivity index (χ0n) is 9.26. The number of carbonyl (C=O) groups is 1. The van der Waals surface area contributed by atoms with Gasteiger partial charge in [-0.25, -0.2) is 8.78 Å². The van der Waals surface area contributed by atoms with Crippen molar-refractivity contribution >= 4 is 17.5 Å². The van der Waals surface area contributed by atoms with Crippen molar-refractivity contribution in [1.82, 2.24) is 4.90 Å². The molecule has 0 bridgehead atoms. The van der Waals surface area contributed by atoms with Gasteiger partial charge in [0.05, 0.1) is 0 Å². The molecule has 0 N–H and O–H groups in total. The number of nitrogens with zero attached hydrogens (tertiary/aromatic N) is 1. The Morgan fingerprint density at radius 3 is 2.81 bits per heavy atom. The summed E-state index contributed by atoms with van der Waals surface area (Å²) in [6.45, 7) is 2.46. The predicted molar refractivity (Wildman–Crippen MR) is 57.7 cm³/mol. The van der Waals surface area contributed by atoms with Crippen LogP contribution >= 0.6 is 11.6 Å². The molecule has 0 aromatic carbocycles. The summed E-state index contributed by atoms with van der Waals surface area (Å²) in [5.74, 6) is -3.44. The second-order valence-corrected chi connectivity index (χ2v) is 5.31. The highest BCUT2D eigenvalue weighted by Crippen LogP contribution is 2.48. The molecule has 1 saturated carbocycles. The Bertz CT molecular complexity index is 298. The maximum absolute atomic E-state index is 13.4. The molecular formula is C11H16ClF2NO. The van der Waals surface area contributed by atoms with Crippen LogP contribution in [0.5, 0.6) is 0 Å². The Kier molecular flexibility index (Phi) is 3.12. The molecule has 2 rings (SSSR count). The third-order valence-electron chi connectivity index (χ3n) is 3.77. The van der Waals surface area contributed by atoms with Crippen LogP contribution in [0.1, 0.15) is 26.2 Å². The Balaban J connectivity index is 2.01. The van der Waals surface area contributed by atoms with Crippen molar-refractivity contribution in [2.45, 2.75) is 37.5 Å². The number of fused-ring (bicyclic) bond motifs is 1. The number of alkyl halides is 3. The van der Waals surface area contributed by atoms with Gasteiger partial charge in [0.1, 0.15) is 5.38 Å². The molecule has 1 aliphatic carbocycles. The van der Waals surface area contributed by atoms with Gasteiger partial charge in [-0.2, -0.15) is 0 Å². The maximum Gasteiger partial charge on any atom is 0.252 e. The number of halogens is 3. The third-order valence-corrected chi connectivity index (χ3v) is 4.27. The van der Waals surface area contributed by atoms with Crippen LogP contribution in [0.4, 0.5) is 8.78 Å². The smallest absolute Gasteiger partial charge is 0.252 e. The fourth-order valence-electron chi connectivity index (χ4n) is 2.76. The molecule has 16 heavy (non-hydrogen) atoms. The highest BCUT2D eigenvalue weighted by molar-refractivity contribution is 6.30. The fraction of sp³-hybridized carbons (Fsp3) is 0.909. The van der Waals surface area contributed by atoms with E-state index in [-0.39, 0.29) is 24.8 Å². The number of hydrogen-bond donors (Lipinski definition) is 0. The van der Waals surface area contributed by atoms with Gasteiger partial charge in [-0.05, 0) is 18.8 Å². The number of hydrogen-bond acceptors (Lipinski definition) is 1. The van der Waals surface area contributed by atoms with E-state index >= 15 is 0 Å². The largest absolute Gasteiger partial charge is 0.341 e. The first-order valence-electron chi connectivity index (χ1n) is 5.76. The van der Waals surface area contributed by atoms with Gasteiger partial charge in [0.15, 0.2) is 0 Å². The van der Waals surface area contributed by atoms with Gasteiger partial charge in [-0.15, -0.1) is 11.6 Å². The number of rotatable bonds is 2. The van der Waals surface area contributed by atoms with E-state index < -0.39 is 17.2 Å². The van der Waals surface area contributed by atoms with E-state index in [1.54, 1.807) is 0 Å². The molecule has 1 amide bonds. The summed E-state index contributed by atoms with van der Waals surface area (Å²) in [5, 5.41) is -0.563. The molecule has 2 nitrogen and oxygen atoms in total. The van der Waals surface area contributed by atoms with Crippen molar-refractivity contribution in [3.63, 3.8) is 0 Å². The van der Waals surface area contributed by atoms with Crippen molar-refractivity contribution in [2.24, 2.45) is 11.8 Å². The van der Waals surface area contributed by atoms with Crippen molar-refractivity contribution in [1.29, 1.82) is 0 Å². The van der Waals surface area contributed by atoms with Crippen LogP contribution in [0, 0.1) is 11.8 Å². The predicted octanol–water partition coefficient (Wildman–Crippen LogP) is 2.51. The van der Waals surface area contributed by atoms with Gasteiger partial charge < -0.3 is 4.90 Å². The highest BCUT2D eigenvalue weighted by atomic mass is 35.5. The monoisotopic (exact) mass is 251 g/mol. The lowest BCUT2D eigenvalue weighted by molar-refractivity contribution is -0.130. The van der Waals surface area contributed by atoms with E-state index in [0.29, 0.717) is 19.4 Å². The minimum Gasteiger partial charge on any atom is -0.341 e. The molecule has 0 radical (unpaired) electrons. The summed E-state index contributed by atoms with van der Waals surface area (Å²) in [6.07, 6.45) is 1.05. The first-order chi connectivity index (χ1) is 7.45. The Morgan fingerprint density at radius 1 is 1.56 bits per heavy atom. The number of carbonyl (C=O) groups excluding carboxylic acids is 1. The van der Waals surface area contributed by atoms with Crippen molar-refractivity contribution in [2.75, 3.05) is 13.1 Å². The van der Waals surface area contributed by atoms with E-state index in [1.165, 1.54) is 4.90 Å². The summed E-state index contributed by atoms with van der Waals surface area (Å²) in [4.78, 5) is 13.3. The van der Waals surface area contributed by atoms with Crippen LogP contribution < -0.4 is 0 Å². The normalized spacial score (nSPS) is 33.9. The van der Waals surface area contributed by atoms with E-state index in [1.807, 2.05) is 6.92 Å². The van der Waals surface area contributed by atoms with Gasteiger partial charge in [0, 0.05) is 25.4 Å². The van der Waals surface area contributed by atoms with Crippen LogP contribution in [0.25, 0.3) is 0 Å². The molecule has 3 atom stereocenters. The molecule has 1 saturated heterocycles. The number of amides is 1. The van der Waals surface area contributed by atoms with Crippen LogP contribution in [-0.2, 0) is 4.79 Å². The van der Waals surface area contributed by atoms with Gasteiger partial charge in [-0.1, -0.05) is 6.92 Å². The van der Waals surface area contributed by atoms with Gasteiger partial charge >= 0.3 is 0 Å². The van der Waals surface area contributed by atoms with Crippen LogP contribution in [0.3, 0.4) is 0 Å². The van der Waals surface area contributed by atoms with E-state index in [4.69, 9.17) is 11.6 Å². The summed E-state index contributed by atoms with van der Waals surface area (Å²) in [5.41, 5.74) is 0. The molecular weight excluding hydrogens is 236 g/mol. The minimum atomic E-state index is -2.59. The lowest BCUT2D eigenvalue weighted by Crippen LogP contribution is -2.37. The molecule has 2 aliphatic rings. The topological polar surface area (TPSA) is 20.3 Å². The van der Waals surface area contributed by atoms with Gasteiger partial charge in [0.25, 0.3) is 5.92 Å². The molecule has 92 valence electrons. The first-order valence-corrected chi connectivity index (χ1v) is 6.20. The lowest BCUT2D eigenvalue weighted by Gasteiger charge is -2.22. The van der Waals surface area contributed by atoms with Crippen molar-refractivity contribution in [3.05, 3.63) is 0 Å². The second kappa shape index (κ2) is 4.13. The van der Waals surface area contributed by atoms with Crippen molar-refractivity contribution in [3.8, 4) is 0 Å². The summed E-state index contributed by atoms with van der Waals surface area (Å²) < 4.78 is 26.9. The van der Waals surface area contributed by atoms with E-state index in [9.17, 15) is 13.6 Å².